The predicted octanol–water partition coefficient (Wildman–Crippen LogP) is 0.941. The molecule has 4 N–H and O–H groups in total. The highest BCUT2D eigenvalue weighted by atomic mass is 32.1. The maximum Gasteiger partial charge on any atom is 0.122 e. The molecule has 0 bridgehead atoms. The third-order valence-electron chi connectivity index (χ3n) is 4.64. The van der Waals surface area contributed by atoms with Crippen LogP contribution in [0.1, 0.15) is 48.0 Å². The van der Waals surface area contributed by atoms with Gasteiger partial charge >= 0.3 is 0 Å². The summed E-state index contributed by atoms with van der Waals surface area (Å²) in [6.45, 7) is 5.84. The maximum absolute atomic E-state index is 10.3. The molecular weight excluding hydrogens is 368 g/mol. The number of hydrogen-bond donors (Lipinski definition) is 4. The minimum atomic E-state index is -1.39. The molecule has 27 heavy (non-hydrogen) atoms. The van der Waals surface area contributed by atoms with Gasteiger partial charge in [-0.2, -0.15) is 0 Å². The summed E-state index contributed by atoms with van der Waals surface area (Å²) in [5.41, 5.74) is 1.60. The van der Waals surface area contributed by atoms with Crippen LogP contribution in [-0.2, 0) is 16.6 Å². The lowest BCUT2D eigenvalue weighted by molar-refractivity contribution is -0.231. The van der Waals surface area contributed by atoms with Crippen LogP contribution >= 0.6 is 11.3 Å². The standard InChI is InChI=1S/C19H26N2O5S/c1-19(2,3)18-21-20-13(27-18)8-10-5-4-6-11(7-10)17-16(25)15(24)14(23)12(9-22)26-17/h4-7,12,14-17,22-25H,8-9H2,1-3H3/t12-,14-,15+,16-,17?/m1/s1. The number of aliphatic hydroxyl groups is 4. The zero-order valence-electron chi connectivity index (χ0n) is 15.6. The van der Waals surface area contributed by atoms with E-state index in [1.165, 1.54) is 0 Å². The van der Waals surface area contributed by atoms with E-state index in [0.717, 1.165) is 15.6 Å². The molecule has 2 aromatic rings. The third-order valence-corrected chi connectivity index (χ3v) is 5.98. The Morgan fingerprint density at radius 1 is 1.07 bits per heavy atom. The average molecular weight is 394 g/mol. The molecule has 1 fully saturated rings. The number of benzene rings is 1. The summed E-state index contributed by atoms with van der Waals surface area (Å²) >= 11 is 1.57. The van der Waals surface area contributed by atoms with Crippen molar-refractivity contribution in [3.63, 3.8) is 0 Å². The zero-order valence-corrected chi connectivity index (χ0v) is 16.4. The molecular formula is C19H26N2O5S. The van der Waals surface area contributed by atoms with Crippen molar-refractivity contribution in [2.75, 3.05) is 6.61 Å². The molecule has 1 aromatic carbocycles. The maximum atomic E-state index is 10.3. The Morgan fingerprint density at radius 2 is 1.81 bits per heavy atom. The van der Waals surface area contributed by atoms with E-state index in [-0.39, 0.29) is 5.41 Å². The fourth-order valence-corrected chi connectivity index (χ4v) is 3.99. The SMILES string of the molecule is CC(C)(C)c1nnc(Cc2cccc(C3O[C@H](CO)[C@@H](O)[C@H](O)[C@H]3O)c2)s1. The molecule has 0 radical (unpaired) electrons. The van der Waals surface area contributed by atoms with Crippen LogP contribution in [0.15, 0.2) is 24.3 Å². The third kappa shape index (κ3) is 4.37. The van der Waals surface area contributed by atoms with Gasteiger partial charge in [-0.15, -0.1) is 21.5 Å². The summed E-state index contributed by atoms with van der Waals surface area (Å²) in [5.74, 6) is 0. The Kier molecular flexibility index (Phi) is 5.95. The summed E-state index contributed by atoms with van der Waals surface area (Å²) in [6, 6.07) is 7.46. The average Bonchev–Trinajstić information content (AvgIpc) is 3.09. The molecule has 0 amide bonds. The van der Waals surface area contributed by atoms with E-state index < -0.39 is 37.1 Å². The Labute approximate surface area is 162 Å². The van der Waals surface area contributed by atoms with Crippen molar-refractivity contribution in [1.29, 1.82) is 0 Å². The van der Waals surface area contributed by atoms with Crippen molar-refractivity contribution in [3.8, 4) is 0 Å². The fourth-order valence-electron chi connectivity index (χ4n) is 3.06. The van der Waals surface area contributed by atoms with Gasteiger partial charge in [0.25, 0.3) is 0 Å². The van der Waals surface area contributed by atoms with Crippen molar-refractivity contribution in [2.24, 2.45) is 0 Å². The smallest absolute Gasteiger partial charge is 0.122 e. The van der Waals surface area contributed by atoms with Crippen molar-refractivity contribution in [2.45, 2.75) is 63.1 Å². The zero-order chi connectivity index (χ0) is 19.8. The minimum absolute atomic E-state index is 0.0475. The van der Waals surface area contributed by atoms with Gasteiger partial charge < -0.3 is 25.2 Å². The molecule has 1 aliphatic heterocycles. The molecule has 5 atom stereocenters. The van der Waals surface area contributed by atoms with Crippen molar-refractivity contribution in [3.05, 3.63) is 45.4 Å². The van der Waals surface area contributed by atoms with Gasteiger partial charge in [0.15, 0.2) is 0 Å². The van der Waals surface area contributed by atoms with Gasteiger partial charge in [-0.05, 0) is 11.1 Å². The molecule has 0 aliphatic carbocycles. The number of hydrogen-bond acceptors (Lipinski definition) is 8. The van der Waals surface area contributed by atoms with Crippen LogP contribution in [0.3, 0.4) is 0 Å². The number of rotatable bonds is 4. The monoisotopic (exact) mass is 394 g/mol. The van der Waals surface area contributed by atoms with Gasteiger partial charge in [-0.1, -0.05) is 45.0 Å². The van der Waals surface area contributed by atoms with E-state index in [2.05, 4.69) is 31.0 Å². The Hall–Kier alpha value is -1.42. The molecule has 0 spiro atoms. The van der Waals surface area contributed by atoms with Crippen LogP contribution in [0.5, 0.6) is 0 Å². The number of ether oxygens (including phenoxy) is 1. The van der Waals surface area contributed by atoms with Gasteiger partial charge in [0, 0.05) is 11.8 Å². The molecule has 2 heterocycles. The molecule has 0 saturated carbocycles. The largest absolute Gasteiger partial charge is 0.394 e. The topological polar surface area (TPSA) is 116 Å². The van der Waals surface area contributed by atoms with Crippen LogP contribution < -0.4 is 0 Å². The quantitative estimate of drug-likeness (QED) is 0.610. The lowest BCUT2D eigenvalue weighted by Crippen LogP contribution is -2.55. The second-order valence-corrected chi connectivity index (χ2v) is 8.98. The van der Waals surface area contributed by atoms with E-state index in [9.17, 15) is 20.4 Å². The first kappa shape index (κ1) is 20.3. The van der Waals surface area contributed by atoms with Crippen molar-refractivity contribution < 1.29 is 25.2 Å². The molecule has 148 valence electrons. The van der Waals surface area contributed by atoms with E-state index in [0.29, 0.717) is 12.0 Å². The van der Waals surface area contributed by atoms with Gasteiger partial charge in [0.2, 0.25) is 0 Å². The van der Waals surface area contributed by atoms with E-state index in [1.54, 1.807) is 17.4 Å². The van der Waals surface area contributed by atoms with Crippen molar-refractivity contribution >= 4 is 11.3 Å². The molecule has 1 saturated heterocycles. The summed E-state index contributed by atoms with van der Waals surface area (Å²) in [6.07, 6.45) is -5.19. The second kappa shape index (κ2) is 7.90. The van der Waals surface area contributed by atoms with Crippen LogP contribution in [0.4, 0.5) is 0 Å². The van der Waals surface area contributed by atoms with E-state index in [4.69, 9.17) is 4.74 Å². The fraction of sp³-hybridized carbons (Fsp3) is 0.579. The van der Waals surface area contributed by atoms with Gasteiger partial charge in [0.05, 0.1) is 6.61 Å². The molecule has 7 nitrogen and oxygen atoms in total. The first-order valence-electron chi connectivity index (χ1n) is 8.93. The highest BCUT2D eigenvalue weighted by Crippen LogP contribution is 2.33. The highest BCUT2D eigenvalue weighted by Gasteiger charge is 2.43. The Bertz CT molecular complexity index is 773. The summed E-state index contributed by atoms with van der Waals surface area (Å²) in [7, 11) is 0. The summed E-state index contributed by atoms with van der Waals surface area (Å²) in [4.78, 5) is 0. The van der Waals surface area contributed by atoms with Crippen LogP contribution in [0.2, 0.25) is 0 Å². The minimum Gasteiger partial charge on any atom is -0.394 e. The number of aliphatic hydroxyl groups excluding tert-OH is 4. The first-order valence-corrected chi connectivity index (χ1v) is 9.74. The lowest BCUT2D eigenvalue weighted by Gasteiger charge is -2.40. The Morgan fingerprint density at radius 3 is 2.44 bits per heavy atom. The summed E-state index contributed by atoms with van der Waals surface area (Å²) in [5, 5.41) is 50.0. The normalized spacial score (nSPS) is 29.1. The molecule has 1 unspecified atom stereocenters. The highest BCUT2D eigenvalue weighted by molar-refractivity contribution is 7.11. The van der Waals surface area contributed by atoms with Crippen LogP contribution in [0, 0.1) is 0 Å². The van der Waals surface area contributed by atoms with Crippen molar-refractivity contribution in [1.82, 2.24) is 10.2 Å². The van der Waals surface area contributed by atoms with Crippen LogP contribution in [-0.4, -0.2) is 61.6 Å². The van der Waals surface area contributed by atoms with Gasteiger partial charge in [0.1, 0.15) is 40.5 Å². The lowest BCUT2D eigenvalue weighted by atomic mass is 9.90. The molecule has 1 aliphatic rings. The van der Waals surface area contributed by atoms with E-state index in [1.807, 2.05) is 18.2 Å². The Balaban J connectivity index is 1.80. The molecule has 3 rings (SSSR count). The van der Waals surface area contributed by atoms with Gasteiger partial charge in [-0.25, -0.2) is 0 Å². The van der Waals surface area contributed by atoms with Gasteiger partial charge in [-0.3, -0.25) is 0 Å². The molecule has 1 aromatic heterocycles. The van der Waals surface area contributed by atoms with Crippen LogP contribution in [0.25, 0.3) is 0 Å². The predicted molar refractivity (Wildman–Crippen MR) is 101 cm³/mol. The number of nitrogens with zero attached hydrogens (tertiary/aromatic N) is 2. The number of aromatic nitrogens is 2. The van der Waals surface area contributed by atoms with E-state index >= 15 is 0 Å². The summed E-state index contributed by atoms with van der Waals surface area (Å²) < 4.78 is 5.64. The second-order valence-electron chi connectivity index (χ2n) is 7.92. The first-order chi connectivity index (χ1) is 12.7. The molecule has 8 heteroatoms.